The first-order valence-electron chi connectivity index (χ1n) is 6.52. The number of hydrogen-bond acceptors (Lipinski definition) is 3. The Balaban J connectivity index is 2.20. The smallest absolute Gasteiger partial charge is 0.113 e. The largest absolute Gasteiger partial charge is 0.290 e. The number of rotatable bonds is 9. The van der Waals surface area contributed by atoms with Crippen LogP contribution in [-0.4, -0.2) is 17.3 Å². The zero-order chi connectivity index (χ0) is 13.1. The Morgan fingerprint density at radius 1 is 1.17 bits per heavy atom. The van der Waals surface area contributed by atoms with Crippen LogP contribution in [0.25, 0.3) is 0 Å². The third-order valence-corrected chi connectivity index (χ3v) is 3.72. The Morgan fingerprint density at radius 2 is 1.89 bits per heavy atom. The Bertz CT molecular complexity index is 338. The van der Waals surface area contributed by atoms with E-state index >= 15 is 0 Å². The van der Waals surface area contributed by atoms with Gasteiger partial charge in [0.05, 0.1) is 5.69 Å². The molecule has 0 bridgehead atoms. The van der Waals surface area contributed by atoms with Crippen LogP contribution in [0.1, 0.15) is 39.0 Å². The first-order chi connectivity index (χ1) is 8.86. The van der Waals surface area contributed by atoms with Crippen molar-refractivity contribution in [3.8, 4) is 0 Å². The molecule has 0 aliphatic rings. The molecule has 0 saturated carbocycles. The van der Waals surface area contributed by atoms with Gasteiger partial charge >= 0.3 is 0 Å². The number of benzene rings is 1. The predicted octanol–water partition coefficient (Wildman–Crippen LogP) is 4.39. The van der Waals surface area contributed by atoms with E-state index in [1.807, 2.05) is 29.4 Å². The monoisotopic (exact) mass is 266 g/mol. The molecule has 0 amide bonds. The van der Waals surface area contributed by atoms with Gasteiger partial charge in [0.1, 0.15) is 6.34 Å². The zero-order valence-corrected chi connectivity index (χ0v) is 11.7. The second-order valence-corrected chi connectivity index (χ2v) is 5.31. The van der Waals surface area contributed by atoms with Gasteiger partial charge in [-0.1, -0.05) is 32.6 Å². The lowest BCUT2D eigenvalue weighted by Gasteiger charge is -2.02. The average Bonchev–Trinajstić information content (AvgIpc) is 2.42. The number of hydroxylamine groups is 1. The van der Waals surface area contributed by atoms with Gasteiger partial charge < -0.3 is 0 Å². The summed E-state index contributed by atoms with van der Waals surface area (Å²) in [4.78, 5) is 5.28. The lowest BCUT2D eigenvalue weighted by molar-refractivity contribution is 0.240. The summed E-state index contributed by atoms with van der Waals surface area (Å²) in [6.45, 7) is 2.24. The summed E-state index contributed by atoms with van der Waals surface area (Å²) in [7, 11) is 0. The highest BCUT2D eigenvalue weighted by molar-refractivity contribution is 7.99. The molecule has 1 aromatic carbocycles. The molecule has 100 valence electrons. The Morgan fingerprint density at radius 3 is 2.56 bits per heavy atom. The Hall–Kier alpha value is -1.00. The average molecular weight is 266 g/mol. The van der Waals surface area contributed by atoms with Crippen molar-refractivity contribution in [3.05, 3.63) is 24.3 Å². The third-order valence-electron chi connectivity index (χ3n) is 2.62. The van der Waals surface area contributed by atoms with Crippen LogP contribution >= 0.6 is 11.8 Å². The molecule has 0 atom stereocenters. The fourth-order valence-electron chi connectivity index (χ4n) is 1.63. The number of nitrogens with zero attached hydrogens (tertiary/aromatic N) is 1. The maximum Gasteiger partial charge on any atom is 0.113 e. The van der Waals surface area contributed by atoms with Gasteiger partial charge in [-0.3, -0.25) is 10.7 Å². The number of nitrogens with one attached hydrogen (secondary N) is 1. The topological polar surface area (TPSA) is 44.6 Å². The molecule has 1 aromatic rings. The van der Waals surface area contributed by atoms with Crippen LogP contribution < -0.4 is 5.48 Å². The van der Waals surface area contributed by atoms with E-state index in [1.54, 1.807) is 0 Å². The minimum Gasteiger partial charge on any atom is -0.290 e. The van der Waals surface area contributed by atoms with Crippen LogP contribution in [0.2, 0.25) is 0 Å². The minimum atomic E-state index is 0.837. The molecule has 0 fully saturated rings. The molecule has 0 heterocycles. The van der Waals surface area contributed by atoms with Gasteiger partial charge in [-0.05, 0) is 36.4 Å². The molecule has 4 heteroatoms. The van der Waals surface area contributed by atoms with Crippen LogP contribution in [0.15, 0.2) is 34.2 Å². The molecule has 18 heavy (non-hydrogen) atoms. The van der Waals surface area contributed by atoms with Crippen molar-refractivity contribution in [2.24, 2.45) is 4.99 Å². The number of unbranched alkanes of at least 4 members (excludes halogenated alkanes) is 4. The maximum absolute atomic E-state index is 8.38. The molecular formula is C14H22N2OS. The van der Waals surface area contributed by atoms with Crippen molar-refractivity contribution in [1.29, 1.82) is 0 Å². The van der Waals surface area contributed by atoms with Crippen molar-refractivity contribution in [2.75, 3.05) is 5.75 Å². The Labute approximate surface area is 114 Å². The van der Waals surface area contributed by atoms with E-state index < -0.39 is 0 Å². The maximum atomic E-state index is 8.38. The molecule has 2 N–H and O–H groups in total. The molecule has 0 spiro atoms. The number of aliphatic imine (C=N–C) groups is 1. The first kappa shape index (κ1) is 15.1. The van der Waals surface area contributed by atoms with E-state index in [0.29, 0.717) is 0 Å². The quantitative estimate of drug-likeness (QED) is 0.229. The van der Waals surface area contributed by atoms with E-state index in [9.17, 15) is 0 Å². The normalized spacial score (nSPS) is 11.0. The van der Waals surface area contributed by atoms with Gasteiger partial charge in [0, 0.05) is 4.90 Å². The lowest BCUT2D eigenvalue weighted by atomic mass is 10.2. The summed E-state index contributed by atoms with van der Waals surface area (Å²) >= 11 is 1.89. The van der Waals surface area contributed by atoms with Crippen molar-refractivity contribution < 1.29 is 5.21 Å². The fourth-order valence-corrected chi connectivity index (χ4v) is 2.54. The van der Waals surface area contributed by atoms with Gasteiger partial charge in [-0.2, -0.15) is 0 Å². The highest BCUT2D eigenvalue weighted by Crippen LogP contribution is 2.22. The number of hydrogen-bond donors (Lipinski definition) is 2. The molecule has 3 nitrogen and oxygen atoms in total. The SMILES string of the molecule is CCCCCCCSc1ccc(N=CNO)cc1. The van der Waals surface area contributed by atoms with Crippen molar-refractivity contribution in [1.82, 2.24) is 5.48 Å². The van der Waals surface area contributed by atoms with E-state index in [0.717, 1.165) is 5.69 Å². The highest BCUT2D eigenvalue weighted by Gasteiger charge is 1.95. The van der Waals surface area contributed by atoms with Crippen LogP contribution in [0.5, 0.6) is 0 Å². The molecule has 0 aromatic heterocycles. The van der Waals surface area contributed by atoms with Gasteiger partial charge in [0.25, 0.3) is 0 Å². The molecule has 0 unspecified atom stereocenters. The molecule has 0 radical (unpaired) electrons. The summed E-state index contributed by atoms with van der Waals surface area (Å²) in [5, 5.41) is 8.38. The molecule has 0 aliphatic heterocycles. The molecule has 1 rings (SSSR count). The predicted molar refractivity (Wildman–Crippen MR) is 79.0 cm³/mol. The second-order valence-electron chi connectivity index (χ2n) is 4.14. The zero-order valence-electron chi connectivity index (χ0n) is 10.9. The summed E-state index contributed by atoms with van der Waals surface area (Å²) in [6.07, 6.45) is 7.91. The van der Waals surface area contributed by atoms with E-state index in [1.165, 1.54) is 49.1 Å². The van der Waals surface area contributed by atoms with E-state index in [-0.39, 0.29) is 0 Å². The standard InChI is InChI=1S/C14H22N2OS/c1-2-3-4-5-6-11-18-14-9-7-13(8-10-14)15-12-16-17/h7-10,12,17H,2-6,11H2,1H3,(H,15,16). The second kappa shape index (κ2) is 9.97. The Kier molecular flexibility index (Phi) is 8.34. The van der Waals surface area contributed by atoms with E-state index in [2.05, 4.69) is 24.0 Å². The molecular weight excluding hydrogens is 244 g/mol. The van der Waals surface area contributed by atoms with Gasteiger partial charge in [-0.25, -0.2) is 4.99 Å². The summed E-state index contributed by atoms with van der Waals surface area (Å²) in [5.74, 6) is 1.19. The molecule has 0 aliphatic carbocycles. The highest BCUT2D eigenvalue weighted by atomic mass is 32.2. The molecule has 0 saturated heterocycles. The van der Waals surface area contributed by atoms with Crippen LogP contribution in [0.3, 0.4) is 0 Å². The summed E-state index contributed by atoms with van der Waals surface area (Å²) in [6, 6.07) is 8.04. The van der Waals surface area contributed by atoms with Crippen LogP contribution in [-0.2, 0) is 0 Å². The minimum absolute atomic E-state index is 0.837. The van der Waals surface area contributed by atoms with Crippen molar-refractivity contribution >= 4 is 23.8 Å². The lowest BCUT2D eigenvalue weighted by Crippen LogP contribution is -2.00. The summed E-state index contributed by atoms with van der Waals surface area (Å²) < 4.78 is 0. The van der Waals surface area contributed by atoms with Gasteiger partial charge in [-0.15, -0.1) is 11.8 Å². The number of thioether (sulfide) groups is 1. The first-order valence-corrected chi connectivity index (χ1v) is 7.50. The van der Waals surface area contributed by atoms with Crippen LogP contribution in [0.4, 0.5) is 5.69 Å². The third kappa shape index (κ3) is 6.67. The summed E-state index contributed by atoms with van der Waals surface area (Å²) in [5.41, 5.74) is 2.73. The van der Waals surface area contributed by atoms with Crippen molar-refractivity contribution in [2.45, 2.75) is 43.9 Å². The van der Waals surface area contributed by atoms with Gasteiger partial charge in [0.15, 0.2) is 0 Å². The van der Waals surface area contributed by atoms with Gasteiger partial charge in [0.2, 0.25) is 0 Å². The van der Waals surface area contributed by atoms with Crippen molar-refractivity contribution in [3.63, 3.8) is 0 Å². The van der Waals surface area contributed by atoms with E-state index in [4.69, 9.17) is 5.21 Å². The fraction of sp³-hybridized carbons (Fsp3) is 0.500. The van der Waals surface area contributed by atoms with Crippen LogP contribution in [0, 0.1) is 0 Å².